The van der Waals surface area contributed by atoms with Gasteiger partial charge in [0, 0.05) is 12.6 Å². The van der Waals surface area contributed by atoms with Crippen molar-refractivity contribution in [3.63, 3.8) is 0 Å². The Balaban J connectivity index is 1.63. The molecule has 2 unspecified atom stereocenters. The van der Waals surface area contributed by atoms with E-state index in [1.54, 1.807) is 0 Å². The van der Waals surface area contributed by atoms with Crippen LogP contribution in [0.4, 0.5) is 0 Å². The van der Waals surface area contributed by atoms with Crippen LogP contribution in [0.25, 0.3) is 0 Å². The minimum absolute atomic E-state index is 0.574. The molecule has 2 heteroatoms. The molecule has 0 aromatic carbocycles. The number of rotatable bonds is 8. The Hall–Kier alpha value is -0.0800. The number of hydrogen-bond donors (Lipinski definition) is 1. The third-order valence-corrected chi connectivity index (χ3v) is 3.86. The van der Waals surface area contributed by atoms with E-state index in [9.17, 15) is 0 Å². The first-order chi connectivity index (χ1) is 7.88. The molecule has 2 aliphatic rings. The standard InChI is InChI=1S/C14H27NO/c1-2-9-15-13(11-12-5-6-12)7-8-14-4-3-10-16-14/h12-15H,2-11H2,1H3. The van der Waals surface area contributed by atoms with Crippen molar-refractivity contribution in [2.24, 2.45) is 5.92 Å². The lowest BCUT2D eigenvalue weighted by atomic mass is 10.0. The van der Waals surface area contributed by atoms with Gasteiger partial charge in [0.25, 0.3) is 0 Å². The molecule has 1 saturated heterocycles. The molecule has 1 aliphatic heterocycles. The zero-order valence-corrected chi connectivity index (χ0v) is 10.7. The lowest BCUT2D eigenvalue weighted by molar-refractivity contribution is 0.0990. The van der Waals surface area contributed by atoms with Gasteiger partial charge in [0.2, 0.25) is 0 Å². The third kappa shape index (κ3) is 4.42. The predicted octanol–water partition coefficient (Wildman–Crippen LogP) is 3.11. The number of ether oxygens (including phenoxy) is 1. The summed E-state index contributed by atoms with van der Waals surface area (Å²) in [6.45, 7) is 4.44. The van der Waals surface area contributed by atoms with Gasteiger partial charge in [-0.25, -0.2) is 0 Å². The maximum atomic E-state index is 5.70. The highest BCUT2D eigenvalue weighted by molar-refractivity contribution is 4.81. The van der Waals surface area contributed by atoms with Crippen molar-refractivity contribution >= 4 is 0 Å². The summed E-state index contributed by atoms with van der Waals surface area (Å²) in [5, 5.41) is 3.71. The summed E-state index contributed by atoms with van der Waals surface area (Å²) in [5.74, 6) is 1.04. The SMILES string of the molecule is CCCNC(CCC1CCCO1)CC1CC1. The van der Waals surface area contributed by atoms with Crippen LogP contribution in [0.5, 0.6) is 0 Å². The van der Waals surface area contributed by atoms with Gasteiger partial charge in [-0.2, -0.15) is 0 Å². The van der Waals surface area contributed by atoms with Crippen LogP contribution in [0.2, 0.25) is 0 Å². The van der Waals surface area contributed by atoms with Crippen LogP contribution < -0.4 is 5.32 Å². The maximum Gasteiger partial charge on any atom is 0.0576 e. The van der Waals surface area contributed by atoms with Crippen molar-refractivity contribution in [2.45, 2.75) is 70.4 Å². The highest BCUT2D eigenvalue weighted by Gasteiger charge is 2.26. The van der Waals surface area contributed by atoms with Gasteiger partial charge < -0.3 is 10.1 Å². The lowest BCUT2D eigenvalue weighted by Crippen LogP contribution is -2.31. The molecule has 0 bridgehead atoms. The molecule has 0 amide bonds. The summed E-state index contributed by atoms with van der Waals surface area (Å²) in [5.41, 5.74) is 0. The van der Waals surface area contributed by atoms with Gasteiger partial charge in [-0.05, 0) is 51.0 Å². The second-order valence-electron chi connectivity index (χ2n) is 5.54. The van der Waals surface area contributed by atoms with Crippen LogP contribution in [0.3, 0.4) is 0 Å². The summed E-state index contributed by atoms with van der Waals surface area (Å²) >= 11 is 0. The molecular weight excluding hydrogens is 198 g/mol. The van der Waals surface area contributed by atoms with E-state index in [0.717, 1.165) is 18.6 Å². The quantitative estimate of drug-likeness (QED) is 0.685. The molecule has 1 N–H and O–H groups in total. The highest BCUT2D eigenvalue weighted by atomic mass is 16.5. The number of nitrogens with one attached hydrogen (secondary N) is 1. The smallest absolute Gasteiger partial charge is 0.0576 e. The van der Waals surface area contributed by atoms with Crippen LogP contribution in [-0.2, 0) is 4.74 Å². The largest absolute Gasteiger partial charge is 0.378 e. The molecule has 2 nitrogen and oxygen atoms in total. The molecule has 0 aromatic heterocycles. The molecule has 0 spiro atoms. The summed E-state index contributed by atoms with van der Waals surface area (Å²) in [4.78, 5) is 0. The Morgan fingerprint density at radius 2 is 2.19 bits per heavy atom. The first-order valence-corrected chi connectivity index (χ1v) is 7.23. The minimum Gasteiger partial charge on any atom is -0.378 e. The zero-order chi connectivity index (χ0) is 11.2. The van der Waals surface area contributed by atoms with Crippen molar-refractivity contribution in [3.8, 4) is 0 Å². The van der Waals surface area contributed by atoms with E-state index in [1.165, 1.54) is 57.9 Å². The third-order valence-electron chi connectivity index (χ3n) is 3.86. The van der Waals surface area contributed by atoms with Gasteiger partial charge in [0.15, 0.2) is 0 Å². The molecule has 2 rings (SSSR count). The minimum atomic E-state index is 0.574. The van der Waals surface area contributed by atoms with E-state index < -0.39 is 0 Å². The first-order valence-electron chi connectivity index (χ1n) is 7.23. The van der Waals surface area contributed by atoms with Gasteiger partial charge in [0.05, 0.1) is 6.10 Å². The van der Waals surface area contributed by atoms with Gasteiger partial charge >= 0.3 is 0 Å². The van der Waals surface area contributed by atoms with Gasteiger partial charge in [-0.1, -0.05) is 19.8 Å². The molecule has 2 fully saturated rings. The van der Waals surface area contributed by atoms with E-state index >= 15 is 0 Å². The molecule has 16 heavy (non-hydrogen) atoms. The average Bonchev–Trinajstić information content (AvgIpc) is 2.95. The summed E-state index contributed by atoms with van der Waals surface area (Å²) in [7, 11) is 0. The fourth-order valence-electron chi connectivity index (χ4n) is 2.67. The van der Waals surface area contributed by atoms with Crippen LogP contribution in [0.15, 0.2) is 0 Å². The van der Waals surface area contributed by atoms with E-state index in [-0.39, 0.29) is 0 Å². The predicted molar refractivity (Wildman–Crippen MR) is 67.6 cm³/mol. The van der Waals surface area contributed by atoms with E-state index in [4.69, 9.17) is 4.74 Å². The van der Waals surface area contributed by atoms with Crippen molar-refractivity contribution in [1.82, 2.24) is 5.32 Å². The van der Waals surface area contributed by atoms with Crippen molar-refractivity contribution in [1.29, 1.82) is 0 Å². The van der Waals surface area contributed by atoms with Crippen molar-refractivity contribution < 1.29 is 4.74 Å². The highest BCUT2D eigenvalue weighted by Crippen LogP contribution is 2.34. The van der Waals surface area contributed by atoms with Crippen molar-refractivity contribution in [2.75, 3.05) is 13.2 Å². The number of hydrogen-bond acceptors (Lipinski definition) is 2. The molecular formula is C14H27NO. The van der Waals surface area contributed by atoms with E-state index in [0.29, 0.717) is 6.10 Å². The monoisotopic (exact) mass is 225 g/mol. The molecule has 1 saturated carbocycles. The Kier molecular flexibility index (Phi) is 5.11. The summed E-state index contributed by atoms with van der Waals surface area (Å²) in [6, 6.07) is 0.761. The molecule has 0 aromatic rings. The molecule has 1 aliphatic carbocycles. The zero-order valence-electron chi connectivity index (χ0n) is 10.7. The average molecular weight is 225 g/mol. The molecule has 2 atom stereocenters. The molecule has 94 valence electrons. The Morgan fingerprint density at radius 3 is 2.81 bits per heavy atom. The fourth-order valence-corrected chi connectivity index (χ4v) is 2.67. The van der Waals surface area contributed by atoms with Gasteiger partial charge in [-0.3, -0.25) is 0 Å². The van der Waals surface area contributed by atoms with Crippen LogP contribution >= 0.6 is 0 Å². The Labute approximate surface area is 100 Å². The molecule has 1 heterocycles. The van der Waals surface area contributed by atoms with E-state index in [2.05, 4.69) is 12.2 Å². The second-order valence-corrected chi connectivity index (χ2v) is 5.54. The molecule has 0 radical (unpaired) electrons. The Bertz CT molecular complexity index is 185. The lowest BCUT2D eigenvalue weighted by Gasteiger charge is -2.20. The topological polar surface area (TPSA) is 21.3 Å². The Morgan fingerprint density at radius 1 is 1.31 bits per heavy atom. The maximum absolute atomic E-state index is 5.70. The summed E-state index contributed by atoms with van der Waals surface area (Å²) < 4.78 is 5.70. The van der Waals surface area contributed by atoms with Crippen LogP contribution in [0.1, 0.15) is 58.3 Å². The van der Waals surface area contributed by atoms with Crippen molar-refractivity contribution in [3.05, 3.63) is 0 Å². The fraction of sp³-hybridized carbons (Fsp3) is 1.00. The van der Waals surface area contributed by atoms with Crippen LogP contribution in [0, 0.1) is 5.92 Å². The second kappa shape index (κ2) is 6.61. The normalized spacial score (nSPS) is 27.2. The van der Waals surface area contributed by atoms with E-state index in [1.807, 2.05) is 0 Å². The van der Waals surface area contributed by atoms with Gasteiger partial charge in [-0.15, -0.1) is 0 Å². The van der Waals surface area contributed by atoms with Crippen LogP contribution in [-0.4, -0.2) is 25.3 Å². The first kappa shape index (κ1) is 12.4. The summed E-state index contributed by atoms with van der Waals surface area (Å²) in [6.07, 6.45) is 11.4. The van der Waals surface area contributed by atoms with Gasteiger partial charge in [0.1, 0.15) is 0 Å².